The van der Waals surface area contributed by atoms with Crippen LogP contribution in [0.5, 0.6) is 0 Å². The molecular weight excluding hydrogens is 330 g/mol. The zero-order chi connectivity index (χ0) is 15.5. The summed E-state index contributed by atoms with van der Waals surface area (Å²) < 4.78 is 49.1. The predicted octanol–water partition coefficient (Wildman–Crippen LogP) is 1.47. The maximum absolute atomic E-state index is 12.6. The SMILES string of the molecule is CCCCCN[C@@H]1CS(=O)(=O)C[C@H]1S(=O)(=O)c1cccs1. The number of unbranched alkanes of at least 4 members (excludes halogenated alkanes) is 2. The van der Waals surface area contributed by atoms with Crippen molar-refractivity contribution in [3.8, 4) is 0 Å². The largest absolute Gasteiger partial charge is 0.312 e. The van der Waals surface area contributed by atoms with E-state index in [-0.39, 0.29) is 15.7 Å². The van der Waals surface area contributed by atoms with Gasteiger partial charge < -0.3 is 5.32 Å². The third kappa shape index (κ3) is 4.06. The van der Waals surface area contributed by atoms with Crippen LogP contribution >= 0.6 is 11.3 Å². The Hall–Kier alpha value is -0.440. The zero-order valence-electron chi connectivity index (χ0n) is 12.0. The maximum atomic E-state index is 12.6. The second kappa shape index (κ2) is 6.76. The second-order valence-corrected chi connectivity index (χ2v) is 10.9. The molecule has 1 aliphatic heterocycles. The summed E-state index contributed by atoms with van der Waals surface area (Å²) in [7, 11) is -6.88. The molecule has 1 aliphatic rings. The molecule has 2 atom stereocenters. The Bertz CT molecular complexity index is 650. The average Bonchev–Trinajstić information content (AvgIpc) is 3.02. The highest BCUT2D eigenvalue weighted by Gasteiger charge is 2.45. The fourth-order valence-electron chi connectivity index (χ4n) is 2.55. The van der Waals surface area contributed by atoms with E-state index in [1.54, 1.807) is 17.5 Å². The molecule has 2 rings (SSSR count). The molecule has 21 heavy (non-hydrogen) atoms. The highest BCUT2D eigenvalue weighted by Crippen LogP contribution is 2.28. The minimum atomic E-state index is -3.58. The van der Waals surface area contributed by atoms with Gasteiger partial charge in [0, 0.05) is 6.04 Å². The normalized spacial score (nSPS) is 25.2. The summed E-state index contributed by atoms with van der Waals surface area (Å²) in [5.74, 6) is -0.368. The van der Waals surface area contributed by atoms with Crippen molar-refractivity contribution >= 4 is 31.0 Å². The Morgan fingerprint density at radius 2 is 2.10 bits per heavy atom. The zero-order valence-corrected chi connectivity index (χ0v) is 14.4. The van der Waals surface area contributed by atoms with Crippen molar-refractivity contribution in [2.45, 2.75) is 41.7 Å². The number of nitrogens with one attached hydrogen (secondary N) is 1. The molecule has 2 heterocycles. The van der Waals surface area contributed by atoms with E-state index in [1.165, 1.54) is 0 Å². The molecule has 0 bridgehead atoms. The molecule has 0 aromatic carbocycles. The second-order valence-electron chi connectivity index (χ2n) is 5.36. The van der Waals surface area contributed by atoms with Crippen LogP contribution < -0.4 is 5.32 Å². The highest BCUT2D eigenvalue weighted by atomic mass is 32.2. The molecular formula is C13H21NO4S3. The van der Waals surface area contributed by atoms with E-state index < -0.39 is 31.0 Å². The summed E-state index contributed by atoms with van der Waals surface area (Å²) in [4.78, 5) is 0. The van der Waals surface area contributed by atoms with Crippen LogP contribution in [0.1, 0.15) is 26.2 Å². The molecule has 1 saturated heterocycles. The van der Waals surface area contributed by atoms with Crippen LogP contribution in [0.3, 0.4) is 0 Å². The van der Waals surface area contributed by atoms with Crippen LogP contribution in [-0.2, 0) is 19.7 Å². The van der Waals surface area contributed by atoms with E-state index in [4.69, 9.17) is 0 Å². The van der Waals surface area contributed by atoms with Gasteiger partial charge in [-0.1, -0.05) is 25.8 Å². The van der Waals surface area contributed by atoms with E-state index in [0.717, 1.165) is 30.6 Å². The fourth-order valence-corrected chi connectivity index (χ4v) is 8.49. The Labute approximate surface area is 130 Å². The van der Waals surface area contributed by atoms with E-state index >= 15 is 0 Å². The van der Waals surface area contributed by atoms with Gasteiger partial charge in [0.1, 0.15) is 4.21 Å². The lowest BCUT2D eigenvalue weighted by Gasteiger charge is -2.19. The topological polar surface area (TPSA) is 80.3 Å². The van der Waals surface area contributed by atoms with Crippen molar-refractivity contribution in [1.82, 2.24) is 5.32 Å². The monoisotopic (exact) mass is 351 g/mol. The summed E-state index contributed by atoms with van der Waals surface area (Å²) in [6.45, 7) is 2.74. The van der Waals surface area contributed by atoms with Crippen molar-refractivity contribution in [1.29, 1.82) is 0 Å². The molecule has 1 aromatic heterocycles. The van der Waals surface area contributed by atoms with E-state index in [0.29, 0.717) is 6.54 Å². The minimum absolute atomic E-state index is 0.0889. The Kier molecular flexibility index (Phi) is 5.45. The summed E-state index contributed by atoms with van der Waals surface area (Å²) in [6.07, 6.45) is 3.05. The van der Waals surface area contributed by atoms with Crippen LogP contribution in [0.25, 0.3) is 0 Å². The van der Waals surface area contributed by atoms with Crippen molar-refractivity contribution < 1.29 is 16.8 Å². The maximum Gasteiger partial charge on any atom is 0.193 e. The molecule has 5 nitrogen and oxygen atoms in total. The molecule has 0 saturated carbocycles. The molecule has 8 heteroatoms. The van der Waals surface area contributed by atoms with Crippen molar-refractivity contribution in [3.63, 3.8) is 0 Å². The van der Waals surface area contributed by atoms with Gasteiger partial charge in [0.15, 0.2) is 19.7 Å². The minimum Gasteiger partial charge on any atom is -0.312 e. The number of sulfone groups is 2. The van der Waals surface area contributed by atoms with Gasteiger partial charge in [-0.3, -0.25) is 0 Å². The molecule has 120 valence electrons. The standard InChI is InChI=1S/C13H21NO4S3/c1-2-3-4-7-14-11-9-20(15,16)10-12(11)21(17,18)13-6-5-8-19-13/h5-6,8,11-12,14H,2-4,7,9-10H2,1H3/t11-,12-/m1/s1. The molecule has 0 radical (unpaired) electrons. The van der Waals surface area contributed by atoms with Crippen LogP contribution in [0, 0.1) is 0 Å². The molecule has 1 N–H and O–H groups in total. The van der Waals surface area contributed by atoms with E-state index in [2.05, 4.69) is 12.2 Å². The van der Waals surface area contributed by atoms with Gasteiger partial charge in [0.25, 0.3) is 0 Å². The van der Waals surface area contributed by atoms with Gasteiger partial charge >= 0.3 is 0 Å². The first-order valence-electron chi connectivity index (χ1n) is 7.08. The average molecular weight is 352 g/mol. The summed E-state index contributed by atoms with van der Waals surface area (Å²) in [6, 6.07) is 2.71. The number of thiophene rings is 1. The van der Waals surface area contributed by atoms with E-state index in [9.17, 15) is 16.8 Å². The molecule has 0 unspecified atom stereocenters. The van der Waals surface area contributed by atoms with Crippen molar-refractivity contribution in [3.05, 3.63) is 17.5 Å². The Balaban J connectivity index is 2.15. The van der Waals surface area contributed by atoms with Gasteiger partial charge in [-0.2, -0.15) is 0 Å². The third-order valence-electron chi connectivity index (χ3n) is 3.66. The van der Waals surface area contributed by atoms with Gasteiger partial charge in [-0.15, -0.1) is 11.3 Å². The Morgan fingerprint density at radius 1 is 1.33 bits per heavy atom. The first-order chi connectivity index (χ1) is 9.87. The molecule has 1 aromatic rings. The third-order valence-corrected chi connectivity index (χ3v) is 9.24. The Morgan fingerprint density at radius 3 is 2.71 bits per heavy atom. The fraction of sp³-hybridized carbons (Fsp3) is 0.692. The smallest absolute Gasteiger partial charge is 0.193 e. The first-order valence-corrected chi connectivity index (χ1v) is 11.3. The number of rotatable bonds is 7. The van der Waals surface area contributed by atoms with E-state index in [1.807, 2.05) is 0 Å². The van der Waals surface area contributed by atoms with Gasteiger partial charge in [0.2, 0.25) is 0 Å². The van der Waals surface area contributed by atoms with Crippen LogP contribution in [-0.4, -0.2) is 46.2 Å². The lowest BCUT2D eigenvalue weighted by molar-refractivity contribution is 0.513. The number of hydrogen-bond donors (Lipinski definition) is 1. The summed E-state index contributed by atoms with van der Waals surface area (Å²) in [5.41, 5.74) is 0. The lowest BCUT2D eigenvalue weighted by Crippen LogP contribution is -2.43. The van der Waals surface area contributed by atoms with Gasteiger partial charge in [-0.05, 0) is 24.4 Å². The molecule has 0 amide bonds. The van der Waals surface area contributed by atoms with Crippen molar-refractivity contribution in [2.75, 3.05) is 18.1 Å². The summed E-state index contributed by atoms with van der Waals surface area (Å²) >= 11 is 1.14. The van der Waals surface area contributed by atoms with Crippen LogP contribution in [0.4, 0.5) is 0 Å². The number of hydrogen-bond acceptors (Lipinski definition) is 6. The molecule has 0 spiro atoms. The van der Waals surface area contributed by atoms with Gasteiger partial charge in [-0.25, -0.2) is 16.8 Å². The predicted molar refractivity (Wildman–Crippen MR) is 85.3 cm³/mol. The summed E-state index contributed by atoms with van der Waals surface area (Å²) in [5, 5.41) is 3.96. The highest BCUT2D eigenvalue weighted by molar-refractivity contribution is 7.97. The quantitative estimate of drug-likeness (QED) is 0.753. The van der Waals surface area contributed by atoms with Crippen LogP contribution in [0.15, 0.2) is 21.7 Å². The van der Waals surface area contributed by atoms with Crippen molar-refractivity contribution in [2.24, 2.45) is 0 Å². The molecule has 1 fully saturated rings. The first kappa shape index (κ1) is 16.9. The van der Waals surface area contributed by atoms with Gasteiger partial charge in [0.05, 0.1) is 16.8 Å². The van der Waals surface area contributed by atoms with Crippen LogP contribution in [0.2, 0.25) is 0 Å². The molecule has 0 aliphatic carbocycles. The lowest BCUT2D eigenvalue weighted by atomic mass is 10.2.